The molecule has 0 saturated carbocycles. The maximum Gasteiger partial charge on any atom is 0.433 e. The van der Waals surface area contributed by atoms with Gasteiger partial charge in [0.1, 0.15) is 17.9 Å². The van der Waals surface area contributed by atoms with E-state index in [0.717, 1.165) is 18.7 Å². The number of aliphatic hydroxyl groups is 2. The van der Waals surface area contributed by atoms with E-state index in [1.807, 2.05) is 6.92 Å². The van der Waals surface area contributed by atoms with Crippen LogP contribution in [0.4, 0.5) is 19.1 Å². The predicted octanol–water partition coefficient (Wildman–Crippen LogP) is 1.20. The number of aromatic nitrogens is 2. The van der Waals surface area contributed by atoms with Gasteiger partial charge >= 0.3 is 6.18 Å². The van der Waals surface area contributed by atoms with Gasteiger partial charge < -0.3 is 20.3 Å². The van der Waals surface area contributed by atoms with E-state index in [1.165, 1.54) is 0 Å². The summed E-state index contributed by atoms with van der Waals surface area (Å²) < 4.78 is 43.2. The first-order valence-electron chi connectivity index (χ1n) is 6.97. The molecular formula is C13H18F3N3O3. The van der Waals surface area contributed by atoms with Gasteiger partial charge in [-0.1, -0.05) is 13.3 Å². The number of ether oxygens (including phenoxy) is 1. The van der Waals surface area contributed by atoms with Crippen molar-refractivity contribution in [2.45, 2.75) is 50.3 Å². The van der Waals surface area contributed by atoms with Crippen LogP contribution < -0.4 is 5.32 Å². The van der Waals surface area contributed by atoms with Crippen molar-refractivity contribution in [3.05, 3.63) is 18.0 Å². The number of alkyl halides is 3. The quantitative estimate of drug-likeness (QED) is 0.772. The summed E-state index contributed by atoms with van der Waals surface area (Å²) >= 11 is 0. The minimum Gasteiger partial charge on any atom is -0.388 e. The molecule has 0 radical (unpaired) electrons. The molecule has 0 bridgehead atoms. The van der Waals surface area contributed by atoms with E-state index >= 15 is 0 Å². The minimum atomic E-state index is -4.58. The average Bonchev–Trinajstić information content (AvgIpc) is 2.46. The molecule has 1 aliphatic heterocycles. The molecule has 0 aromatic carbocycles. The van der Waals surface area contributed by atoms with E-state index in [1.54, 1.807) is 0 Å². The number of aliphatic hydroxyl groups excluding tert-OH is 2. The van der Waals surface area contributed by atoms with Gasteiger partial charge in [-0.15, -0.1) is 0 Å². The van der Waals surface area contributed by atoms with Crippen LogP contribution >= 0.6 is 0 Å². The smallest absolute Gasteiger partial charge is 0.388 e. The molecule has 1 aliphatic rings. The molecule has 6 nitrogen and oxygen atoms in total. The Balaban J connectivity index is 2.05. The third kappa shape index (κ3) is 3.84. The van der Waals surface area contributed by atoms with Crippen molar-refractivity contribution >= 4 is 5.95 Å². The van der Waals surface area contributed by atoms with Crippen LogP contribution in [0.5, 0.6) is 0 Å². The Morgan fingerprint density at radius 2 is 2.09 bits per heavy atom. The van der Waals surface area contributed by atoms with Crippen LogP contribution in [0, 0.1) is 0 Å². The first-order valence-corrected chi connectivity index (χ1v) is 6.97. The topological polar surface area (TPSA) is 87.5 Å². The Hall–Kier alpha value is -1.45. The van der Waals surface area contributed by atoms with Gasteiger partial charge in [0.15, 0.2) is 0 Å². The minimum absolute atomic E-state index is 0.0441. The van der Waals surface area contributed by atoms with Crippen LogP contribution in [-0.4, -0.2) is 51.1 Å². The largest absolute Gasteiger partial charge is 0.433 e. The van der Waals surface area contributed by atoms with Crippen molar-refractivity contribution in [1.29, 1.82) is 0 Å². The number of hydrogen-bond donors (Lipinski definition) is 3. The molecule has 0 unspecified atom stereocenters. The number of nitrogens with one attached hydrogen (secondary N) is 1. The molecule has 0 amide bonds. The second-order valence-electron chi connectivity index (χ2n) is 5.16. The van der Waals surface area contributed by atoms with Crippen molar-refractivity contribution in [2.24, 2.45) is 0 Å². The first-order chi connectivity index (χ1) is 10.3. The highest BCUT2D eigenvalue weighted by molar-refractivity contribution is 5.28. The van der Waals surface area contributed by atoms with Gasteiger partial charge in [0.25, 0.3) is 0 Å². The molecule has 2 heterocycles. The van der Waals surface area contributed by atoms with Crippen LogP contribution in [-0.2, 0) is 10.9 Å². The SMILES string of the molecule is CCC[C@H]1OC[C@H](Nc2nccc(C(F)(F)F)n2)[C@@H](O)[C@H]1O. The fourth-order valence-electron chi connectivity index (χ4n) is 2.30. The van der Waals surface area contributed by atoms with E-state index in [0.29, 0.717) is 6.42 Å². The lowest BCUT2D eigenvalue weighted by molar-refractivity contribution is -0.143. The van der Waals surface area contributed by atoms with Crippen molar-refractivity contribution in [3.63, 3.8) is 0 Å². The van der Waals surface area contributed by atoms with Gasteiger partial charge in [-0.25, -0.2) is 9.97 Å². The molecule has 22 heavy (non-hydrogen) atoms. The van der Waals surface area contributed by atoms with Crippen LogP contribution in [0.3, 0.4) is 0 Å². The van der Waals surface area contributed by atoms with Crippen LogP contribution in [0.1, 0.15) is 25.5 Å². The van der Waals surface area contributed by atoms with Crippen LogP contribution in [0.15, 0.2) is 12.3 Å². The molecule has 2 rings (SSSR count). The Kier molecular flexibility index (Phi) is 5.20. The van der Waals surface area contributed by atoms with E-state index in [-0.39, 0.29) is 12.6 Å². The number of halogens is 3. The normalized spacial score (nSPS) is 29.4. The van der Waals surface area contributed by atoms with E-state index < -0.39 is 36.2 Å². The molecule has 0 spiro atoms. The molecule has 1 saturated heterocycles. The molecule has 3 N–H and O–H groups in total. The van der Waals surface area contributed by atoms with Crippen molar-refractivity contribution < 1.29 is 28.1 Å². The summed E-state index contributed by atoms with van der Waals surface area (Å²) in [6.45, 7) is 1.96. The lowest BCUT2D eigenvalue weighted by atomic mass is 9.95. The molecule has 0 aliphatic carbocycles. The summed E-state index contributed by atoms with van der Waals surface area (Å²) in [4.78, 5) is 7.05. The second-order valence-corrected chi connectivity index (χ2v) is 5.16. The third-order valence-electron chi connectivity index (χ3n) is 3.47. The Bertz CT molecular complexity index is 501. The third-order valence-corrected chi connectivity index (χ3v) is 3.47. The zero-order chi connectivity index (χ0) is 16.3. The highest BCUT2D eigenvalue weighted by atomic mass is 19.4. The molecule has 4 atom stereocenters. The molecule has 124 valence electrons. The maximum absolute atomic E-state index is 12.6. The molecule has 9 heteroatoms. The van der Waals surface area contributed by atoms with E-state index in [2.05, 4.69) is 15.3 Å². The second kappa shape index (κ2) is 6.76. The van der Waals surface area contributed by atoms with Gasteiger partial charge in [-0.3, -0.25) is 0 Å². The van der Waals surface area contributed by atoms with Crippen molar-refractivity contribution in [3.8, 4) is 0 Å². The molecule has 1 aromatic rings. The number of anilines is 1. The number of hydrogen-bond acceptors (Lipinski definition) is 6. The van der Waals surface area contributed by atoms with Gasteiger partial charge in [-0.2, -0.15) is 13.2 Å². The Morgan fingerprint density at radius 3 is 2.73 bits per heavy atom. The summed E-state index contributed by atoms with van der Waals surface area (Å²) in [6, 6.07) is -0.0305. The fourth-order valence-corrected chi connectivity index (χ4v) is 2.30. The van der Waals surface area contributed by atoms with Gasteiger partial charge in [0.2, 0.25) is 5.95 Å². The zero-order valence-corrected chi connectivity index (χ0v) is 11.9. The van der Waals surface area contributed by atoms with Crippen molar-refractivity contribution in [1.82, 2.24) is 9.97 Å². The number of nitrogens with zero attached hydrogens (tertiary/aromatic N) is 2. The number of rotatable bonds is 4. The molecule has 1 fully saturated rings. The van der Waals surface area contributed by atoms with Crippen LogP contribution in [0.25, 0.3) is 0 Å². The lowest BCUT2D eigenvalue weighted by Gasteiger charge is -2.37. The maximum atomic E-state index is 12.6. The Morgan fingerprint density at radius 1 is 1.36 bits per heavy atom. The predicted molar refractivity (Wildman–Crippen MR) is 71.1 cm³/mol. The summed E-state index contributed by atoms with van der Waals surface area (Å²) in [5.41, 5.74) is -1.08. The highest BCUT2D eigenvalue weighted by Crippen LogP contribution is 2.28. The van der Waals surface area contributed by atoms with Gasteiger partial charge in [0.05, 0.1) is 18.8 Å². The fraction of sp³-hybridized carbons (Fsp3) is 0.692. The monoisotopic (exact) mass is 321 g/mol. The Labute approximate surface area is 125 Å². The summed E-state index contributed by atoms with van der Waals surface area (Å²) in [7, 11) is 0. The van der Waals surface area contributed by atoms with E-state index in [4.69, 9.17) is 4.74 Å². The average molecular weight is 321 g/mol. The van der Waals surface area contributed by atoms with Crippen molar-refractivity contribution in [2.75, 3.05) is 11.9 Å². The van der Waals surface area contributed by atoms with Gasteiger partial charge in [0, 0.05) is 6.20 Å². The summed E-state index contributed by atoms with van der Waals surface area (Å²) in [5.74, 6) is -0.274. The highest BCUT2D eigenvalue weighted by Gasteiger charge is 2.38. The molecule has 1 aromatic heterocycles. The van der Waals surface area contributed by atoms with Crippen LogP contribution in [0.2, 0.25) is 0 Å². The summed E-state index contributed by atoms with van der Waals surface area (Å²) in [6.07, 6.45) is -5.01. The lowest BCUT2D eigenvalue weighted by Crippen LogP contribution is -2.55. The molecular weight excluding hydrogens is 303 g/mol. The standard InChI is InChI=1S/C13H18F3N3O3/c1-2-3-8-11(21)10(20)7(6-22-8)18-12-17-5-4-9(19-12)13(14,15)16/h4-5,7-8,10-11,20-21H,2-3,6H2,1H3,(H,17,18,19)/t7-,8+,10+,11-/m0/s1. The zero-order valence-electron chi connectivity index (χ0n) is 11.9. The van der Waals surface area contributed by atoms with E-state index in [9.17, 15) is 23.4 Å². The summed E-state index contributed by atoms with van der Waals surface area (Å²) in [5, 5.41) is 22.6. The first kappa shape index (κ1) is 16.9. The van der Waals surface area contributed by atoms with Gasteiger partial charge in [-0.05, 0) is 12.5 Å².